The second kappa shape index (κ2) is 7.42. The highest BCUT2D eigenvalue weighted by molar-refractivity contribution is 9.10. The van der Waals surface area contributed by atoms with Crippen molar-refractivity contribution in [2.45, 2.75) is 31.4 Å². The van der Waals surface area contributed by atoms with E-state index in [1.807, 2.05) is 0 Å². The third-order valence-electron chi connectivity index (χ3n) is 5.09. The highest BCUT2D eigenvalue weighted by atomic mass is 79.9. The van der Waals surface area contributed by atoms with E-state index in [1.54, 1.807) is 35.9 Å². The number of nitrogens with one attached hydrogen (secondary N) is 1. The van der Waals surface area contributed by atoms with Gasteiger partial charge in [0.25, 0.3) is 0 Å². The zero-order chi connectivity index (χ0) is 20.0. The Morgan fingerprint density at radius 1 is 1.28 bits per heavy atom. The van der Waals surface area contributed by atoms with Crippen LogP contribution in [-0.2, 0) is 0 Å². The number of fused-ring (bicyclic) bond motifs is 1. The molecule has 2 amide bonds. The van der Waals surface area contributed by atoms with E-state index in [0.29, 0.717) is 41.2 Å². The fraction of sp³-hybridized carbons (Fsp3) is 0.389. The Hall–Kier alpha value is -2.46. The molecule has 3 aliphatic rings. The van der Waals surface area contributed by atoms with Gasteiger partial charge in [-0.2, -0.15) is 10.2 Å². The molecule has 2 aliphatic heterocycles. The van der Waals surface area contributed by atoms with Gasteiger partial charge in [-0.3, -0.25) is 9.88 Å². The Morgan fingerprint density at radius 2 is 2.07 bits per heavy atom. The SMILES string of the molecule is O=C(NC1C=NC(n2nccn2)=C(Cl)C1)N1C[C@@H](C2CC2)Oc2c(Br)cncc21. The number of ether oxygens (including phenoxy) is 1. The van der Waals surface area contributed by atoms with E-state index in [-0.39, 0.29) is 18.2 Å². The number of rotatable bonds is 3. The molecule has 0 radical (unpaired) electrons. The van der Waals surface area contributed by atoms with Gasteiger partial charge in [-0.25, -0.2) is 9.79 Å². The fourth-order valence-electron chi connectivity index (χ4n) is 3.47. The van der Waals surface area contributed by atoms with E-state index in [2.05, 4.69) is 41.4 Å². The number of pyridine rings is 1. The van der Waals surface area contributed by atoms with Gasteiger partial charge in [0.15, 0.2) is 11.6 Å². The molecule has 0 saturated heterocycles. The summed E-state index contributed by atoms with van der Waals surface area (Å²) in [5.74, 6) is 1.60. The van der Waals surface area contributed by atoms with Gasteiger partial charge in [-0.15, -0.1) is 4.80 Å². The molecule has 1 unspecified atom stereocenters. The third-order valence-corrected chi connectivity index (χ3v) is 5.97. The molecule has 11 heteroatoms. The topological polar surface area (TPSA) is 97.5 Å². The van der Waals surface area contributed by atoms with E-state index in [9.17, 15) is 4.79 Å². The van der Waals surface area contributed by atoms with Crippen molar-refractivity contribution in [3.05, 3.63) is 34.3 Å². The summed E-state index contributed by atoms with van der Waals surface area (Å²) < 4.78 is 6.89. The molecule has 1 fully saturated rings. The second-order valence-electron chi connectivity index (χ2n) is 7.16. The number of carbonyl (C=O) groups excluding carboxylic acids is 1. The number of carbonyl (C=O) groups is 1. The van der Waals surface area contributed by atoms with E-state index >= 15 is 0 Å². The molecule has 4 heterocycles. The van der Waals surface area contributed by atoms with Crippen LogP contribution in [0.5, 0.6) is 5.75 Å². The number of nitrogens with zero attached hydrogens (tertiary/aromatic N) is 6. The maximum absolute atomic E-state index is 13.1. The molecule has 0 spiro atoms. The Morgan fingerprint density at radius 3 is 2.79 bits per heavy atom. The first-order valence-electron chi connectivity index (χ1n) is 9.28. The van der Waals surface area contributed by atoms with Gasteiger partial charge in [-0.1, -0.05) is 11.6 Å². The van der Waals surface area contributed by atoms with E-state index < -0.39 is 0 Å². The van der Waals surface area contributed by atoms with Crippen LogP contribution in [0.1, 0.15) is 19.3 Å². The van der Waals surface area contributed by atoms with Crippen LogP contribution in [0.15, 0.2) is 39.3 Å². The van der Waals surface area contributed by atoms with Crippen molar-refractivity contribution in [3.63, 3.8) is 0 Å². The Kier molecular flexibility index (Phi) is 4.75. The van der Waals surface area contributed by atoms with Crippen LogP contribution in [0, 0.1) is 5.92 Å². The van der Waals surface area contributed by atoms with Crippen LogP contribution in [0.25, 0.3) is 5.82 Å². The molecule has 150 valence electrons. The van der Waals surface area contributed by atoms with Crippen LogP contribution in [-0.4, -0.2) is 50.9 Å². The fourth-order valence-corrected chi connectivity index (χ4v) is 4.18. The number of hydrogen-bond acceptors (Lipinski definition) is 6. The van der Waals surface area contributed by atoms with Crippen LogP contribution < -0.4 is 15.0 Å². The first kappa shape index (κ1) is 18.6. The van der Waals surface area contributed by atoms with Gasteiger partial charge in [0, 0.05) is 18.8 Å². The predicted octanol–water partition coefficient (Wildman–Crippen LogP) is 3.03. The lowest BCUT2D eigenvalue weighted by Gasteiger charge is -2.36. The smallest absolute Gasteiger partial charge is 0.322 e. The largest absolute Gasteiger partial charge is 0.485 e. The lowest BCUT2D eigenvalue weighted by Crippen LogP contribution is -2.51. The maximum Gasteiger partial charge on any atom is 0.322 e. The van der Waals surface area contributed by atoms with Gasteiger partial charge in [0.05, 0.1) is 40.7 Å². The molecule has 1 saturated carbocycles. The Labute approximate surface area is 179 Å². The summed E-state index contributed by atoms with van der Waals surface area (Å²) >= 11 is 9.86. The Bertz CT molecular complexity index is 1010. The summed E-state index contributed by atoms with van der Waals surface area (Å²) in [6, 6.07) is -0.568. The van der Waals surface area contributed by atoms with Crippen molar-refractivity contribution in [1.82, 2.24) is 25.3 Å². The average Bonchev–Trinajstić information content (AvgIpc) is 3.43. The molecular weight excluding hydrogens is 462 g/mol. The van der Waals surface area contributed by atoms with Crippen LogP contribution >= 0.6 is 27.5 Å². The zero-order valence-corrected chi connectivity index (χ0v) is 17.5. The highest BCUT2D eigenvalue weighted by Crippen LogP contribution is 2.44. The molecule has 9 nitrogen and oxygen atoms in total. The molecular formula is C18H17BrClN7O2. The summed E-state index contributed by atoms with van der Waals surface area (Å²) in [7, 11) is 0. The second-order valence-corrected chi connectivity index (χ2v) is 8.47. The van der Waals surface area contributed by atoms with Crippen molar-refractivity contribution in [2.75, 3.05) is 11.4 Å². The average molecular weight is 479 g/mol. The Balaban J connectivity index is 1.34. The maximum atomic E-state index is 13.1. The molecule has 2 aromatic rings. The quantitative estimate of drug-likeness (QED) is 0.731. The van der Waals surface area contributed by atoms with E-state index in [1.165, 1.54) is 4.80 Å². The van der Waals surface area contributed by atoms with Gasteiger partial charge in [0.1, 0.15) is 11.8 Å². The molecule has 5 rings (SSSR count). The van der Waals surface area contributed by atoms with Crippen LogP contribution in [0.2, 0.25) is 0 Å². The number of urea groups is 1. The number of hydrogen-bond donors (Lipinski definition) is 1. The molecule has 1 aliphatic carbocycles. The molecule has 2 atom stereocenters. The van der Waals surface area contributed by atoms with Crippen molar-refractivity contribution in [3.8, 4) is 5.75 Å². The monoisotopic (exact) mass is 477 g/mol. The minimum absolute atomic E-state index is 0.0204. The minimum Gasteiger partial charge on any atom is -0.485 e. The summed E-state index contributed by atoms with van der Waals surface area (Å²) in [6.45, 7) is 0.484. The molecule has 2 aromatic heterocycles. The van der Waals surface area contributed by atoms with Crippen molar-refractivity contribution >= 4 is 51.3 Å². The normalized spacial score (nSPS) is 23.6. The third kappa shape index (κ3) is 3.62. The number of halogens is 2. The van der Waals surface area contributed by atoms with Crippen LogP contribution in [0.4, 0.5) is 10.5 Å². The summed E-state index contributed by atoms with van der Waals surface area (Å²) in [4.78, 5) is 24.7. The molecule has 1 N–H and O–H groups in total. The predicted molar refractivity (Wildman–Crippen MR) is 111 cm³/mol. The standard InChI is InChI=1S/C18H17BrClN7O2/c19-12-7-21-8-14-16(12)29-15(10-1-2-10)9-26(14)18(28)25-11-5-13(20)17(22-6-11)27-23-3-4-24-27/h3-4,6-8,10-11,15H,1-2,5,9H2,(H,25,28)/t11?,15-/m0/s1. The molecule has 29 heavy (non-hydrogen) atoms. The first-order chi connectivity index (χ1) is 14.1. The summed E-state index contributed by atoms with van der Waals surface area (Å²) in [5, 5.41) is 11.6. The van der Waals surface area contributed by atoms with Crippen molar-refractivity contribution in [2.24, 2.45) is 10.9 Å². The number of anilines is 1. The van der Waals surface area contributed by atoms with Gasteiger partial charge >= 0.3 is 6.03 Å². The molecule has 0 aromatic carbocycles. The summed E-state index contributed by atoms with van der Waals surface area (Å²) in [5.41, 5.74) is 0.643. The van der Waals surface area contributed by atoms with Crippen LogP contribution in [0.3, 0.4) is 0 Å². The first-order valence-corrected chi connectivity index (χ1v) is 10.4. The van der Waals surface area contributed by atoms with Gasteiger partial charge in [-0.05, 0) is 34.7 Å². The highest BCUT2D eigenvalue weighted by Gasteiger charge is 2.40. The van der Waals surface area contributed by atoms with Crippen molar-refractivity contribution in [1.29, 1.82) is 0 Å². The lowest BCUT2D eigenvalue weighted by molar-refractivity contribution is 0.168. The zero-order valence-electron chi connectivity index (χ0n) is 15.2. The lowest BCUT2D eigenvalue weighted by atomic mass is 10.1. The van der Waals surface area contributed by atoms with E-state index in [0.717, 1.165) is 17.3 Å². The van der Waals surface area contributed by atoms with Gasteiger partial charge in [0.2, 0.25) is 0 Å². The molecule has 0 bridgehead atoms. The number of aromatic nitrogens is 4. The van der Waals surface area contributed by atoms with Gasteiger partial charge < -0.3 is 10.1 Å². The minimum atomic E-state index is -0.333. The van der Waals surface area contributed by atoms with E-state index in [4.69, 9.17) is 16.3 Å². The number of amides is 2. The van der Waals surface area contributed by atoms with Crippen molar-refractivity contribution < 1.29 is 9.53 Å². The number of aliphatic imine (C=N–C) groups is 1. The summed E-state index contributed by atoms with van der Waals surface area (Å²) in [6.07, 6.45) is 10.7.